The number of benzene rings is 3. The SMILES string of the molecule is Cc1ccc(S(=O)(=O)N2CCC(c3c(C)n(CC(O)CNc4cc(C)cc(C)c4)c4ccccc34)CC2)cc1. The first-order valence-electron chi connectivity index (χ1n) is 13.8. The number of fused-ring (bicyclic) bond motifs is 1. The summed E-state index contributed by atoms with van der Waals surface area (Å²) in [5, 5.41) is 15.6. The van der Waals surface area contributed by atoms with Gasteiger partial charge in [-0.3, -0.25) is 0 Å². The van der Waals surface area contributed by atoms with Gasteiger partial charge in [0.05, 0.1) is 17.5 Å². The molecule has 1 atom stereocenters. The Morgan fingerprint density at radius 3 is 2.21 bits per heavy atom. The summed E-state index contributed by atoms with van der Waals surface area (Å²) in [5.41, 5.74) is 8.02. The van der Waals surface area contributed by atoms with Crippen molar-refractivity contribution in [2.75, 3.05) is 25.0 Å². The minimum absolute atomic E-state index is 0.270. The molecule has 0 radical (unpaired) electrons. The summed E-state index contributed by atoms with van der Waals surface area (Å²) in [6.45, 7) is 10.2. The summed E-state index contributed by atoms with van der Waals surface area (Å²) < 4.78 is 30.3. The lowest BCUT2D eigenvalue weighted by Crippen LogP contribution is -2.38. The van der Waals surface area contributed by atoms with Crippen LogP contribution in [0.15, 0.2) is 71.6 Å². The van der Waals surface area contributed by atoms with E-state index in [1.54, 1.807) is 16.4 Å². The molecule has 1 fully saturated rings. The number of sulfonamides is 1. The van der Waals surface area contributed by atoms with E-state index in [9.17, 15) is 13.5 Å². The molecule has 1 saturated heterocycles. The van der Waals surface area contributed by atoms with E-state index in [1.807, 2.05) is 25.1 Å². The van der Waals surface area contributed by atoms with Gasteiger partial charge in [-0.05, 0) is 93.5 Å². The monoisotopic (exact) mass is 545 g/mol. The van der Waals surface area contributed by atoms with E-state index in [0.29, 0.717) is 31.1 Å². The zero-order chi connectivity index (χ0) is 27.7. The fraction of sp³-hybridized carbons (Fsp3) is 0.375. The van der Waals surface area contributed by atoms with Gasteiger partial charge in [-0.1, -0.05) is 42.0 Å². The van der Waals surface area contributed by atoms with Crippen LogP contribution in [0.1, 0.15) is 46.7 Å². The van der Waals surface area contributed by atoms with Gasteiger partial charge < -0.3 is 15.0 Å². The number of aliphatic hydroxyl groups is 1. The first-order valence-corrected chi connectivity index (χ1v) is 15.2. The Morgan fingerprint density at radius 1 is 0.897 bits per heavy atom. The maximum absolute atomic E-state index is 13.2. The molecule has 5 rings (SSSR count). The van der Waals surface area contributed by atoms with E-state index in [-0.39, 0.29) is 5.92 Å². The lowest BCUT2D eigenvalue weighted by atomic mass is 9.88. The number of aryl methyl sites for hydroxylation is 3. The number of aliphatic hydroxyl groups excluding tert-OH is 1. The number of hydrogen-bond acceptors (Lipinski definition) is 4. The van der Waals surface area contributed by atoms with Crippen LogP contribution in [-0.4, -0.2) is 48.1 Å². The van der Waals surface area contributed by atoms with E-state index >= 15 is 0 Å². The predicted molar refractivity (Wildman–Crippen MR) is 159 cm³/mol. The highest BCUT2D eigenvalue weighted by molar-refractivity contribution is 7.89. The Labute approximate surface area is 232 Å². The summed E-state index contributed by atoms with van der Waals surface area (Å²) in [4.78, 5) is 0.364. The summed E-state index contributed by atoms with van der Waals surface area (Å²) in [7, 11) is -3.49. The van der Waals surface area contributed by atoms with Gasteiger partial charge >= 0.3 is 0 Å². The van der Waals surface area contributed by atoms with Crippen LogP contribution in [-0.2, 0) is 16.6 Å². The van der Waals surface area contributed by atoms with Crippen LogP contribution in [0.2, 0.25) is 0 Å². The minimum Gasteiger partial charge on any atom is -0.389 e. The second kappa shape index (κ2) is 11.2. The summed E-state index contributed by atoms with van der Waals surface area (Å²) in [5.74, 6) is 0.270. The van der Waals surface area contributed by atoms with E-state index in [1.165, 1.54) is 22.1 Å². The molecule has 0 amide bonds. The normalized spacial score (nSPS) is 16.0. The number of nitrogens with zero attached hydrogens (tertiary/aromatic N) is 2. The van der Waals surface area contributed by atoms with Crippen LogP contribution in [0.3, 0.4) is 0 Å². The third kappa shape index (κ3) is 5.76. The largest absolute Gasteiger partial charge is 0.389 e. The van der Waals surface area contributed by atoms with E-state index in [2.05, 4.69) is 67.1 Å². The van der Waals surface area contributed by atoms with Crippen molar-refractivity contribution >= 4 is 26.6 Å². The Kier molecular flexibility index (Phi) is 7.85. The molecule has 1 unspecified atom stereocenters. The molecule has 1 aliphatic rings. The molecule has 39 heavy (non-hydrogen) atoms. The van der Waals surface area contributed by atoms with Crippen molar-refractivity contribution < 1.29 is 13.5 Å². The van der Waals surface area contributed by atoms with Crippen molar-refractivity contribution in [2.45, 2.75) is 64.0 Å². The second-order valence-corrected chi connectivity index (χ2v) is 13.0. The molecule has 1 aliphatic heterocycles. The summed E-state index contributed by atoms with van der Waals surface area (Å²) in [6, 6.07) is 21.8. The molecular formula is C32H39N3O3S. The topological polar surface area (TPSA) is 74.6 Å². The number of rotatable bonds is 8. The van der Waals surface area contributed by atoms with Crippen LogP contribution in [0.5, 0.6) is 0 Å². The van der Waals surface area contributed by atoms with Crippen molar-refractivity contribution in [3.8, 4) is 0 Å². The highest BCUT2D eigenvalue weighted by atomic mass is 32.2. The Morgan fingerprint density at radius 2 is 1.54 bits per heavy atom. The Bertz CT molecular complexity index is 1550. The highest BCUT2D eigenvalue weighted by Gasteiger charge is 2.32. The molecular weight excluding hydrogens is 506 g/mol. The van der Waals surface area contributed by atoms with Crippen molar-refractivity contribution in [1.82, 2.24) is 8.87 Å². The molecule has 7 heteroatoms. The van der Waals surface area contributed by atoms with Crippen LogP contribution in [0, 0.1) is 27.7 Å². The van der Waals surface area contributed by atoms with Gasteiger partial charge in [-0.2, -0.15) is 4.31 Å². The van der Waals surface area contributed by atoms with Crippen LogP contribution in [0.4, 0.5) is 5.69 Å². The van der Waals surface area contributed by atoms with Crippen LogP contribution >= 0.6 is 0 Å². The number of hydrogen-bond donors (Lipinski definition) is 2. The first-order chi connectivity index (χ1) is 18.6. The first kappa shape index (κ1) is 27.4. The molecule has 0 aliphatic carbocycles. The molecule has 0 bridgehead atoms. The van der Waals surface area contributed by atoms with E-state index in [0.717, 1.165) is 35.3 Å². The molecule has 2 N–H and O–H groups in total. The number of para-hydroxylation sites is 1. The molecule has 0 spiro atoms. The molecule has 3 aromatic carbocycles. The van der Waals surface area contributed by atoms with Gasteiger partial charge in [-0.15, -0.1) is 0 Å². The second-order valence-electron chi connectivity index (χ2n) is 11.0. The van der Waals surface area contributed by atoms with Crippen LogP contribution < -0.4 is 5.32 Å². The van der Waals surface area contributed by atoms with Gasteiger partial charge in [-0.25, -0.2) is 8.42 Å². The minimum atomic E-state index is -3.49. The van der Waals surface area contributed by atoms with Gasteiger partial charge in [0.15, 0.2) is 0 Å². The Hall–Kier alpha value is -3.13. The van der Waals surface area contributed by atoms with E-state index in [4.69, 9.17) is 0 Å². The maximum atomic E-state index is 13.2. The molecule has 206 valence electrons. The fourth-order valence-corrected chi connectivity index (χ4v) is 7.51. The molecule has 2 heterocycles. The Balaban J connectivity index is 1.32. The molecule has 0 saturated carbocycles. The fourth-order valence-electron chi connectivity index (χ4n) is 6.04. The third-order valence-electron chi connectivity index (χ3n) is 7.96. The predicted octanol–water partition coefficient (Wildman–Crippen LogP) is 5.92. The lowest BCUT2D eigenvalue weighted by Gasteiger charge is -2.31. The van der Waals surface area contributed by atoms with E-state index < -0.39 is 16.1 Å². The highest BCUT2D eigenvalue weighted by Crippen LogP contribution is 2.38. The van der Waals surface area contributed by atoms with Gasteiger partial charge in [0.25, 0.3) is 0 Å². The van der Waals surface area contributed by atoms with Crippen molar-refractivity contribution in [3.63, 3.8) is 0 Å². The van der Waals surface area contributed by atoms with Gasteiger partial charge in [0.2, 0.25) is 10.0 Å². The van der Waals surface area contributed by atoms with Gasteiger partial charge in [0, 0.05) is 41.9 Å². The standard InChI is InChI=1S/C32H39N3O3S/c1-22-9-11-29(12-10-22)39(37,38)34-15-13-26(14-16-34)32-25(4)35(31-8-6-5-7-30(31)32)21-28(36)20-33-27-18-23(2)17-24(3)19-27/h5-12,17-19,26,28,33,36H,13-16,20-21H2,1-4H3. The quantitative estimate of drug-likeness (QED) is 0.288. The van der Waals surface area contributed by atoms with Crippen molar-refractivity contribution in [1.29, 1.82) is 0 Å². The smallest absolute Gasteiger partial charge is 0.243 e. The molecule has 4 aromatic rings. The van der Waals surface area contributed by atoms with Crippen molar-refractivity contribution in [3.05, 3.63) is 94.7 Å². The maximum Gasteiger partial charge on any atom is 0.243 e. The number of nitrogens with one attached hydrogen (secondary N) is 1. The molecule has 1 aromatic heterocycles. The van der Waals surface area contributed by atoms with Gasteiger partial charge in [0.1, 0.15) is 0 Å². The summed E-state index contributed by atoms with van der Waals surface area (Å²) >= 11 is 0. The number of anilines is 1. The number of aromatic nitrogens is 1. The lowest BCUT2D eigenvalue weighted by molar-refractivity contribution is 0.167. The zero-order valence-corrected chi connectivity index (χ0v) is 24.1. The van der Waals surface area contributed by atoms with Crippen LogP contribution in [0.25, 0.3) is 10.9 Å². The average molecular weight is 546 g/mol. The number of piperidine rings is 1. The average Bonchev–Trinajstić information content (AvgIpc) is 3.18. The zero-order valence-electron chi connectivity index (χ0n) is 23.3. The molecule has 6 nitrogen and oxygen atoms in total. The van der Waals surface area contributed by atoms with Crippen molar-refractivity contribution in [2.24, 2.45) is 0 Å². The third-order valence-corrected chi connectivity index (χ3v) is 9.87. The summed E-state index contributed by atoms with van der Waals surface area (Å²) in [6.07, 6.45) is 0.989.